The number of aromatic amines is 1. The minimum Gasteiger partial charge on any atom is -0.346 e. The maximum absolute atomic E-state index is 10.9. The Balaban J connectivity index is 0.000000194. The molecule has 2 aromatic rings. The Bertz CT molecular complexity index is 698. The second-order valence-corrected chi connectivity index (χ2v) is 7.01. The largest absolute Gasteiger partial charge is 0.346 e. The lowest BCUT2D eigenvalue weighted by Gasteiger charge is -2.00. The molecule has 5 nitrogen and oxygen atoms in total. The SMILES string of the molecule is Br.O=C1NC(=O)c2ccccc21.c1nc2[nH]c1CCCCCCCCCC2. The average molecular weight is 434 g/mol. The number of carbonyl (C=O) groups is 2. The van der Waals surface area contributed by atoms with E-state index in [9.17, 15) is 9.59 Å². The summed E-state index contributed by atoms with van der Waals surface area (Å²) in [5.41, 5.74) is 2.28. The summed E-state index contributed by atoms with van der Waals surface area (Å²) in [5.74, 6) is 0.598. The molecular weight excluding hydrogens is 406 g/mol. The van der Waals surface area contributed by atoms with Crippen LogP contribution in [0, 0.1) is 0 Å². The van der Waals surface area contributed by atoms with E-state index < -0.39 is 0 Å². The molecule has 2 N–H and O–H groups in total. The summed E-state index contributed by atoms with van der Waals surface area (Å²) >= 11 is 0. The Morgan fingerprint density at radius 2 is 1.26 bits per heavy atom. The van der Waals surface area contributed by atoms with E-state index in [1.807, 2.05) is 6.20 Å². The molecule has 0 saturated heterocycles. The number of imidazole rings is 1. The zero-order valence-corrected chi connectivity index (χ0v) is 17.3. The van der Waals surface area contributed by atoms with Gasteiger partial charge in [-0.15, -0.1) is 17.0 Å². The van der Waals surface area contributed by atoms with Crippen molar-refractivity contribution < 1.29 is 9.59 Å². The molecule has 2 bridgehead atoms. The fraction of sp³-hybridized carbons (Fsp3) is 0.476. The highest BCUT2D eigenvalue weighted by atomic mass is 79.9. The van der Waals surface area contributed by atoms with Crippen molar-refractivity contribution in [2.75, 3.05) is 0 Å². The lowest BCUT2D eigenvalue weighted by molar-refractivity contribution is 0.0879. The van der Waals surface area contributed by atoms with Gasteiger partial charge in [-0.1, -0.05) is 50.7 Å². The molecule has 27 heavy (non-hydrogen) atoms. The van der Waals surface area contributed by atoms with E-state index in [0.717, 1.165) is 6.42 Å². The first kappa shape index (κ1) is 21.4. The Hall–Kier alpha value is -1.95. The molecular formula is C21H28BrN3O2. The third-order valence-electron chi connectivity index (χ3n) is 4.93. The molecule has 0 spiro atoms. The van der Waals surface area contributed by atoms with Gasteiger partial charge in [0, 0.05) is 18.3 Å². The monoisotopic (exact) mass is 433 g/mol. The van der Waals surface area contributed by atoms with Gasteiger partial charge in [0.15, 0.2) is 0 Å². The van der Waals surface area contributed by atoms with Crippen molar-refractivity contribution in [2.45, 2.75) is 64.2 Å². The van der Waals surface area contributed by atoms with Crippen LogP contribution in [0.5, 0.6) is 0 Å². The van der Waals surface area contributed by atoms with Crippen LogP contribution >= 0.6 is 17.0 Å². The number of imide groups is 1. The quantitative estimate of drug-likeness (QED) is 0.587. The molecule has 0 unspecified atom stereocenters. The van der Waals surface area contributed by atoms with Crippen molar-refractivity contribution in [1.82, 2.24) is 15.3 Å². The number of aromatic nitrogens is 2. The predicted molar refractivity (Wildman–Crippen MR) is 111 cm³/mol. The van der Waals surface area contributed by atoms with Gasteiger partial charge in [-0.2, -0.15) is 0 Å². The smallest absolute Gasteiger partial charge is 0.258 e. The normalized spacial score (nSPS) is 17.0. The maximum Gasteiger partial charge on any atom is 0.258 e. The number of rotatable bonds is 0. The highest BCUT2D eigenvalue weighted by Crippen LogP contribution is 2.14. The lowest BCUT2D eigenvalue weighted by Crippen LogP contribution is -2.19. The summed E-state index contributed by atoms with van der Waals surface area (Å²) in [6.45, 7) is 0. The van der Waals surface area contributed by atoms with E-state index in [1.54, 1.807) is 24.3 Å². The molecule has 0 radical (unpaired) electrons. The molecule has 3 heterocycles. The third-order valence-corrected chi connectivity index (χ3v) is 4.93. The minimum atomic E-state index is -0.300. The van der Waals surface area contributed by atoms with Gasteiger partial charge in [0.25, 0.3) is 11.8 Å². The van der Waals surface area contributed by atoms with E-state index in [0.29, 0.717) is 11.1 Å². The van der Waals surface area contributed by atoms with Crippen LogP contribution in [-0.2, 0) is 12.8 Å². The van der Waals surface area contributed by atoms with Gasteiger partial charge < -0.3 is 4.98 Å². The van der Waals surface area contributed by atoms with Crippen molar-refractivity contribution >= 4 is 28.8 Å². The number of nitrogens with zero attached hydrogens (tertiary/aromatic N) is 1. The molecule has 6 heteroatoms. The number of H-pyrrole nitrogens is 1. The summed E-state index contributed by atoms with van der Waals surface area (Å²) in [4.78, 5) is 29.8. The predicted octanol–water partition coefficient (Wildman–Crippen LogP) is 4.78. The zero-order valence-electron chi connectivity index (χ0n) is 15.6. The first-order valence-electron chi connectivity index (χ1n) is 9.71. The van der Waals surface area contributed by atoms with Gasteiger partial charge in [0.1, 0.15) is 5.82 Å². The number of hydrogen-bond acceptors (Lipinski definition) is 3. The van der Waals surface area contributed by atoms with Crippen LogP contribution in [0.2, 0.25) is 0 Å². The zero-order chi connectivity index (χ0) is 18.2. The van der Waals surface area contributed by atoms with Gasteiger partial charge in [0.05, 0.1) is 11.1 Å². The molecule has 146 valence electrons. The summed E-state index contributed by atoms with van der Waals surface area (Å²) in [5, 5.41) is 2.20. The molecule has 2 aliphatic heterocycles. The van der Waals surface area contributed by atoms with E-state index in [1.165, 1.54) is 69.3 Å². The number of hydrogen-bond donors (Lipinski definition) is 2. The number of carbonyl (C=O) groups excluding carboxylic acids is 2. The van der Waals surface area contributed by atoms with Gasteiger partial charge in [-0.25, -0.2) is 4.98 Å². The van der Waals surface area contributed by atoms with Crippen LogP contribution in [0.1, 0.15) is 83.6 Å². The minimum absolute atomic E-state index is 0. The standard InChI is InChI=1S/C13H22N2.C8H5NO2.BrH/c1-2-4-6-8-10-13-14-11-12(15-13)9-7-5-3-1;10-7-5-3-1-2-4-6(5)8(11)9-7;/h11H,1-10H2,(H,14,15);1-4H,(H,9,10,11);1H. The fourth-order valence-corrected chi connectivity index (χ4v) is 3.45. The first-order chi connectivity index (χ1) is 12.7. The molecule has 0 aliphatic carbocycles. The summed E-state index contributed by atoms with van der Waals surface area (Å²) in [7, 11) is 0. The third kappa shape index (κ3) is 6.31. The molecule has 0 saturated carbocycles. The van der Waals surface area contributed by atoms with Gasteiger partial charge in [-0.05, 0) is 31.4 Å². The van der Waals surface area contributed by atoms with Crippen LogP contribution in [0.15, 0.2) is 30.5 Å². The number of benzene rings is 1. The van der Waals surface area contributed by atoms with Gasteiger partial charge >= 0.3 is 0 Å². The van der Waals surface area contributed by atoms with Crippen LogP contribution in [0.25, 0.3) is 0 Å². The lowest BCUT2D eigenvalue weighted by atomic mass is 10.1. The Morgan fingerprint density at radius 1 is 0.741 bits per heavy atom. The van der Waals surface area contributed by atoms with E-state index in [-0.39, 0.29) is 28.8 Å². The van der Waals surface area contributed by atoms with Crippen molar-refractivity contribution in [3.05, 3.63) is 53.1 Å². The highest BCUT2D eigenvalue weighted by molar-refractivity contribution is 8.93. The Kier molecular flexibility index (Phi) is 8.72. The van der Waals surface area contributed by atoms with E-state index in [4.69, 9.17) is 0 Å². The number of aryl methyl sites for hydroxylation is 2. The van der Waals surface area contributed by atoms with Crippen molar-refractivity contribution in [3.8, 4) is 0 Å². The van der Waals surface area contributed by atoms with E-state index in [2.05, 4.69) is 15.3 Å². The number of fused-ring (bicyclic) bond motifs is 3. The Morgan fingerprint density at radius 3 is 1.85 bits per heavy atom. The molecule has 4 rings (SSSR count). The number of halogens is 1. The topological polar surface area (TPSA) is 74.8 Å². The molecule has 1 aromatic carbocycles. The molecule has 1 aromatic heterocycles. The first-order valence-corrected chi connectivity index (χ1v) is 9.71. The summed E-state index contributed by atoms with van der Waals surface area (Å²) in [6, 6.07) is 6.74. The second-order valence-electron chi connectivity index (χ2n) is 7.01. The van der Waals surface area contributed by atoms with E-state index >= 15 is 0 Å². The average Bonchev–Trinajstić information content (AvgIpc) is 3.22. The second kappa shape index (κ2) is 11.0. The fourth-order valence-electron chi connectivity index (χ4n) is 3.45. The summed E-state index contributed by atoms with van der Waals surface area (Å²) in [6.07, 6.45) is 15.4. The van der Waals surface area contributed by atoms with Crippen LogP contribution in [-0.4, -0.2) is 21.8 Å². The maximum atomic E-state index is 10.9. The number of amides is 2. The van der Waals surface area contributed by atoms with Crippen LogP contribution in [0.4, 0.5) is 0 Å². The van der Waals surface area contributed by atoms with Crippen LogP contribution < -0.4 is 5.32 Å². The van der Waals surface area contributed by atoms with Crippen molar-refractivity contribution in [3.63, 3.8) is 0 Å². The molecule has 2 aliphatic rings. The van der Waals surface area contributed by atoms with Crippen molar-refractivity contribution in [1.29, 1.82) is 0 Å². The van der Waals surface area contributed by atoms with Gasteiger partial charge in [0.2, 0.25) is 0 Å². The molecule has 2 amide bonds. The van der Waals surface area contributed by atoms with Crippen molar-refractivity contribution in [2.24, 2.45) is 0 Å². The molecule has 0 fully saturated rings. The summed E-state index contributed by atoms with van der Waals surface area (Å²) < 4.78 is 0. The van der Waals surface area contributed by atoms with Gasteiger partial charge in [-0.3, -0.25) is 14.9 Å². The number of nitrogens with one attached hydrogen (secondary N) is 2. The Labute approximate surface area is 171 Å². The highest BCUT2D eigenvalue weighted by Gasteiger charge is 2.25. The van der Waals surface area contributed by atoms with Crippen LogP contribution in [0.3, 0.4) is 0 Å². The molecule has 0 atom stereocenters.